The van der Waals surface area contributed by atoms with Crippen LogP contribution in [0.2, 0.25) is 0 Å². The number of benzene rings is 3. The average Bonchev–Trinajstić information content (AvgIpc) is 3.20. The lowest BCUT2D eigenvalue weighted by Crippen LogP contribution is -1.93. The van der Waals surface area contributed by atoms with E-state index in [2.05, 4.69) is 10.5 Å². The summed E-state index contributed by atoms with van der Waals surface area (Å²) in [5.41, 5.74) is 5.92. The fraction of sp³-hybridized carbons (Fsp3) is 0. The van der Waals surface area contributed by atoms with Crippen LogP contribution < -0.4 is 5.43 Å². The maximum Gasteiger partial charge on any atom is 0.311 e. The Morgan fingerprint density at radius 3 is 2.33 bits per heavy atom. The zero-order valence-corrected chi connectivity index (χ0v) is 16.4. The molecule has 0 amide bonds. The molecule has 0 aliphatic rings. The van der Waals surface area contributed by atoms with Gasteiger partial charge in [-0.05, 0) is 17.7 Å². The van der Waals surface area contributed by atoms with E-state index in [9.17, 15) is 15.2 Å². The Balaban J connectivity index is 1.63. The fourth-order valence-corrected chi connectivity index (χ4v) is 3.82. The quantitative estimate of drug-likeness (QED) is 0.244. The lowest BCUT2D eigenvalue weighted by molar-refractivity contribution is -0.385. The Hall–Kier alpha value is -4.04. The Kier molecular flexibility index (Phi) is 5.49. The molecule has 0 bridgehead atoms. The lowest BCUT2D eigenvalue weighted by Gasteiger charge is -2.02. The number of nitrogens with zero attached hydrogens (tertiary/aromatic N) is 3. The fourth-order valence-electron chi connectivity index (χ4n) is 2.87. The summed E-state index contributed by atoms with van der Waals surface area (Å²) in [4.78, 5) is 16.0. The number of nitrogens with one attached hydrogen (secondary N) is 1. The number of nitro benzene ring substituents is 1. The molecular weight excluding hydrogens is 400 g/mol. The van der Waals surface area contributed by atoms with Crippen LogP contribution in [0.1, 0.15) is 5.56 Å². The topological polar surface area (TPSA) is 101 Å². The molecular formula is C22H16N4O3S. The smallest absolute Gasteiger partial charge is 0.311 e. The van der Waals surface area contributed by atoms with Crippen LogP contribution in [0.25, 0.3) is 21.7 Å². The largest absolute Gasteiger partial charge is 0.502 e. The van der Waals surface area contributed by atoms with Gasteiger partial charge in [0.25, 0.3) is 0 Å². The number of anilines is 1. The first-order valence-electron chi connectivity index (χ1n) is 9.00. The number of hydrogen-bond donors (Lipinski definition) is 2. The van der Waals surface area contributed by atoms with Gasteiger partial charge in [0.15, 0.2) is 5.75 Å². The van der Waals surface area contributed by atoms with Crippen molar-refractivity contribution < 1.29 is 10.0 Å². The number of aromatic hydroxyl groups is 1. The Morgan fingerprint density at radius 2 is 1.67 bits per heavy atom. The summed E-state index contributed by atoms with van der Waals surface area (Å²) in [7, 11) is 0. The maximum atomic E-state index is 11.0. The molecule has 148 valence electrons. The number of phenolic OH excluding ortho intramolecular Hbond substituents is 1. The minimum atomic E-state index is -0.640. The van der Waals surface area contributed by atoms with E-state index in [0.717, 1.165) is 21.7 Å². The second-order valence-electron chi connectivity index (χ2n) is 6.30. The van der Waals surface area contributed by atoms with Crippen LogP contribution in [-0.4, -0.2) is 21.2 Å². The third-order valence-electron chi connectivity index (χ3n) is 4.28. The van der Waals surface area contributed by atoms with Gasteiger partial charge in [-0.2, -0.15) is 5.10 Å². The van der Waals surface area contributed by atoms with Gasteiger partial charge in [0, 0.05) is 17.2 Å². The highest BCUT2D eigenvalue weighted by Gasteiger charge is 2.15. The summed E-state index contributed by atoms with van der Waals surface area (Å²) in [6.45, 7) is 0. The highest BCUT2D eigenvalue weighted by Crippen LogP contribution is 2.38. The number of hydrazone groups is 1. The SMILES string of the molecule is O=[N+]([O-])c1cc(/C=N/Nc2nc(-c3ccccc3)c(-c3ccccc3)s2)ccc1O. The van der Waals surface area contributed by atoms with Crippen LogP contribution in [0.3, 0.4) is 0 Å². The van der Waals surface area contributed by atoms with E-state index >= 15 is 0 Å². The van der Waals surface area contributed by atoms with Gasteiger partial charge in [0.2, 0.25) is 5.13 Å². The number of hydrogen-bond acceptors (Lipinski definition) is 7. The van der Waals surface area contributed by atoms with Crippen molar-refractivity contribution >= 4 is 28.4 Å². The minimum Gasteiger partial charge on any atom is -0.502 e. The minimum absolute atomic E-state index is 0.370. The third kappa shape index (κ3) is 4.18. The predicted molar refractivity (Wildman–Crippen MR) is 119 cm³/mol. The highest BCUT2D eigenvalue weighted by molar-refractivity contribution is 7.19. The van der Waals surface area contributed by atoms with Crippen molar-refractivity contribution in [2.24, 2.45) is 5.10 Å². The molecule has 0 spiro atoms. The maximum absolute atomic E-state index is 11.0. The van der Waals surface area contributed by atoms with Crippen LogP contribution >= 0.6 is 11.3 Å². The van der Waals surface area contributed by atoms with E-state index in [4.69, 9.17) is 4.98 Å². The summed E-state index contributed by atoms with van der Waals surface area (Å²) in [6.07, 6.45) is 1.44. The number of phenols is 1. The van der Waals surface area contributed by atoms with Gasteiger partial charge in [-0.25, -0.2) is 4.98 Å². The molecule has 0 aliphatic carbocycles. The van der Waals surface area contributed by atoms with E-state index in [1.807, 2.05) is 60.7 Å². The highest BCUT2D eigenvalue weighted by atomic mass is 32.1. The van der Waals surface area contributed by atoms with Crippen molar-refractivity contribution in [3.8, 4) is 27.4 Å². The van der Waals surface area contributed by atoms with E-state index in [1.165, 1.54) is 29.7 Å². The molecule has 2 N–H and O–H groups in total. The molecule has 0 unspecified atom stereocenters. The normalized spacial score (nSPS) is 10.9. The molecule has 0 atom stereocenters. The van der Waals surface area contributed by atoms with Gasteiger partial charge in [-0.3, -0.25) is 15.5 Å². The number of aromatic nitrogens is 1. The van der Waals surface area contributed by atoms with Crippen molar-refractivity contribution in [1.82, 2.24) is 4.98 Å². The van der Waals surface area contributed by atoms with Gasteiger partial charge in [0.1, 0.15) is 0 Å². The molecule has 0 saturated carbocycles. The molecule has 4 rings (SSSR count). The molecule has 0 radical (unpaired) electrons. The van der Waals surface area contributed by atoms with Crippen molar-refractivity contribution in [3.63, 3.8) is 0 Å². The van der Waals surface area contributed by atoms with Crippen LogP contribution in [0.15, 0.2) is 84.0 Å². The molecule has 8 heteroatoms. The molecule has 30 heavy (non-hydrogen) atoms. The van der Waals surface area contributed by atoms with E-state index < -0.39 is 4.92 Å². The van der Waals surface area contributed by atoms with Crippen LogP contribution in [0.5, 0.6) is 5.75 Å². The average molecular weight is 416 g/mol. The molecule has 0 saturated heterocycles. The summed E-state index contributed by atoms with van der Waals surface area (Å²) in [5.74, 6) is -0.384. The summed E-state index contributed by atoms with van der Waals surface area (Å²) < 4.78 is 0. The molecule has 1 aromatic heterocycles. The second kappa shape index (κ2) is 8.54. The van der Waals surface area contributed by atoms with Crippen molar-refractivity contribution in [1.29, 1.82) is 0 Å². The van der Waals surface area contributed by atoms with Gasteiger partial charge in [0.05, 0.1) is 21.7 Å². The van der Waals surface area contributed by atoms with Crippen molar-refractivity contribution in [2.45, 2.75) is 0 Å². The molecule has 1 heterocycles. The Labute approximate surface area is 176 Å². The van der Waals surface area contributed by atoms with Crippen molar-refractivity contribution in [2.75, 3.05) is 5.43 Å². The summed E-state index contributed by atoms with van der Waals surface area (Å²) in [5, 5.41) is 25.3. The van der Waals surface area contributed by atoms with E-state index in [-0.39, 0.29) is 11.4 Å². The Bertz CT molecular complexity index is 1150. The first-order valence-corrected chi connectivity index (χ1v) is 9.81. The molecule has 0 fully saturated rings. The van der Waals surface area contributed by atoms with Crippen molar-refractivity contribution in [3.05, 3.63) is 94.5 Å². The van der Waals surface area contributed by atoms with Gasteiger partial charge in [-0.1, -0.05) is 72.0 Å². The molecule has 7 nitrogen and oxygen atoms in total. The standard InChI is InChI=1S/C22H16N4O3S/c27-19-12-11-15(13-18(19)26(28)29)14-23-25-22-24-20(16-7-3-1-4-8-16)21(30-22)17-9-5-2-6-10-17/h1-14,27H,(H,24,25)/b23-14+. The number of rotatable bonds is 6. The van der Waals surface area contributed by atoms with Crippen LogP contribution in [-0.2, 0) is 0 Å². The zero-order chi connectivity index (χ0) is 20.9. The molecule has 0 aliphatic heterocycles. The summed E-state index contributed by atoms with van der Waals surface area (Å²) >= 11 is 1.47. The van der Waals surface area contributed by atoms with E-state index in [1.54, 1.807) is 6.07 Å². The predicted octanol–water partition coefficient (Wildman–Crippen LogP) is 5.54. The Morgan fingerprint density at radius 1 is 1.00 bits per heavy atom. The molecule has 4 aromatic rings. The third-order valence-corrected chi connectivity index (χ3v) is 5.29. The first-order chi connectivity index (χ1) is 14.6. The summed E-state index contributed by atoms with van der Waals surface area (Å²) in [6, 6.07) is 23.9. The van der Waals surface area contributed by atoms with Gasteiger partial charge >= 0.3 is 5.69 Å². The van der Waals surface area contributed by atoms with Gasteiger partial charge < -0.3 is 5.11 Å². The first kappa shape index (κ1) is 19.3. The van der Waals surface area contributed by atoms with Gasteiger partial charge in [-0.15, -0.1) is 0 Å². The zero-order valence-electron chi connectivity index (χ0n) is 15.6. The van der Waals surface area contributed by atoms with E-state index in [0.29, 0.717) is 10.7 Å². The number of thiazole rings is 1. The van der Waals surface area contributed by atoms with Crippen LogP contribution in [0.4, 0.5) is 10.8 Å². The molecule has 3 aromatic carbocycles. The second-order valence-corrected chi connectivity index (χ2v) is 7.30. The monoisotopic (exact) mass is 416 g/mol. The lowest BCUT2D eigenvalue weighted by atomic mass is 10.1. The van der Waals surface area contributed by atoms with Crippen LogP contribution in [0, 0.1) is 10.1 Å². The number of nitro groups is 1.